The lowest BCUT2D eigenvalue weighted by Gasteiger charge is -2.35. The van der Waals surface area contributed by atoms with Crippen LogP contribution in [-0.2, 0) is 10.0 Å². The molecule has 2 aromatic rings. The second kappa shape index (κ2) is 8.56. The number of ether oxygens (including phenoxy) is 1. The lowest BCUT2D eigenvalue weighted by molar-refractivity contribution is 0.256. The monoisotopic (exact) mass is 382 g/mol. The van der Waals surface area contributed by atoms with Crippen LogP contribution in [0.25, 0.3) is 0 Å². The molecule has 0 fully saturated rings. The summed E-state index contributed by atoms with van der Waals surface area (Å²) in [6, 6.07) is 16.4. The van der Waals surface area contributed by atoms with Crippen molar-refractivity contribution in [2.24, 2.45) is 0 Å². The number of fused-ring (bicyclic) bond motifs is 1. The van der Waals surface area contributed by atoms with Gasteiger partial charge in [-0.25, -0.2) is 12.7 Å². The van der Waals surface area contributed by atoms with Gasteiger partial charge in [0.05, 0.1) is 11.4 Å². The normalized spacial score (nSPS) is 18.0. The van der Waals surface area contributed by atoms with Crippen molar-refractivity contribution >= 4 is 33.8 Å². The molecule has 0 aliphatic carbocycles. The van der Waals surface area contributed by atoms with E-state index in [4.69, 9.17) is 4.74 Å². The summed E-state index contributed by atoms with van der Waals surface area (Å²) in [6.07, 6.45) is 1.41. The van der Waals surface area contributed by atoms with Gasteiger partial charge in [0, 0.05) is 6.42 Å². The van der Waals surface area contributed by atoms with Gasteiger partial charge < -0.3 is 10.1 Å². The molecule has 0 saturated carbocycles. The fraction of sp³-hybridized carbons (Fsp3) is 0.333. The summed E-state index contributed by atoms with van der Waals surface area (Å²) in [5.74, 6) is 0.594. The Morgan fingerprint density at radius 2 is 1.72 bits per heavy atom. The Hall–Kier alpha value is -1.76. The second-order valence-electron chi connectivity index (χ2n) is 5.70. The van der Waals surface area contributed by atoms with Crippen molar-refractivity contribution in [3.05, 3.63) is 54.6 Å². The quantitative estimate of drug-likeness (QED) is 0.774. The van der Waals surface area contributed by atoms with Crippen LogP contribution in [0.3, 0.4) is 0 Å². The molecule has 1 aliphatic heterocycles. The van der Waals surface area contributed by atoms with Crippen molar-refractivity contribution in [2.75, 3.05) is 17.4 Å². The number of nitrogens with zero attached hydrogens (tertiary/aromatic N) is 1. The van der Waals surface area contributed by atoms with Gasteiger partial charge >= 0.3 is 0 Å². The SMILES string of the molecule is CCCNCCC1Oc2ccccc2N(c2ccccc2)S1(=O)=O.Cl. The Balaban J connectivity index is 0.00000225. The van der Waals surface area contributed by atoms with Gasteiger partial charge in [-0.3, -0.25) is 0 Å². The Bertz CT molecular complexity index is 784. The highest BCUT2D eigenvalue weighted by Gasteiger charge is 2.40. The van der Waals surface area contributed by atoms with Gasteiger partial charge in [0.2, 0.25) is 5.44 Å². The molecular formula is C18H23ClN2O3S. The molecule has 7 heteroatoms. The molecule has 1 atom stereocenters. The van der Waals surface area contributed by atoms with Crippen LogP contribution < -0.4 is 14.4 Å². The van der Waals surface area contributed by atoms with Crippen LogP contribution in [-0.4, -0.2) is 26.9 Å². The first-order valence-corrected chi connectivity index (χ1v) is 9.70. The molecule has 2 aromatic carbocycles. The molecule has 0 spiro atoms. The Kier molecular flexibility index (Phi) is 6.70. The van der Waals surface area contributed by atoms with E-state index in [0.29, 0.717) is 30.1 Å². The fourth-order valence-corrected chi connectivity index (χ4v) is 4.48. The zero-order valence-corrected chi connectivity index (χ0v) is 15.7. The predicted octanol–water partition coefficient (Wildman–Crippen LogP) is 3.68. The lowest BCUT2D eigenvalue weighted by Crippen LogP contribution is -2.44. The first-order valence-electron chi connectivity index (χ1n) is 8.20. The highest BCUT2D eigenvalue weighted by molar-refractivity contribution is 7.93. The summed E-state index contributed by atoms with van der Waals surface area (Å²) < 4.78 is 33.4. The zero-order valence-electron chi connectivity index (χ0n) is 14.1. The molecule has 0 aromatic heterocycles. The van der Waals surface area contributed by atoms with Crippen LogP contribution in [0.5, 0.6) is 5.75 Å². The largest absolute Gasteiger partial charge is 0.470 e. The van der Waals surface area contributed by atoms with Crippen molar-refractivity contribution in [1.29, 1.82) is 0 Å². The summed E-state index contributed by atoms with van der Waals surface area (Å²) >= 11 is 0. The van der Waals surface area contributed by atoms with Gasteiger partial charge in [0.25, 0.3) is 10.0 Å². The molecule has 3 rings (SSSR count). The van der Waals surface area contributed by atoms with E-state index in [1.54, 1.807) is 18.2 Å². The number of sulfonamides is 1. The van der Waals surface area contributed by atoms with E-state index < -0.39 is 15.5 Å². The molecule has 0 saturated heterocycles. The van der Waals surface area contributed by atoms with E-state index in [-0.39, 0.29) is 12.4 Å². The summed E-state index contributed by atoms with van der Waals surface area (Å²) in [4.78, 5) is 0. The molecule has 25 heavy (non-hydrogen) atoms. The molecule has 1 N–H and O–H groups in total. The van der Waals surface area contributed by atoms with Crippen LogP contribution in [0.1, 0.15) is 19.8 Å². The minimum atomic E-state index is -3.65. The van der Waals surface area contributed by atoms with E-state index in [1.165, 1.54) is 4.31 Å². The van der Waals surface area contributed by atoms with Gasteiger partial charge in [-0.05, 0) is 43.8 Å². The van der Waals surface area contributed by atoms with Gasteiger partial charge in [0.15, 0.2) is 0 Å². The van der Waals surface area contributed by atoms with Crippen molar-refractivity contribution in [1.82, 2.24) is 5.32 Å². The maximum Gasteiger partial charge on any atom is 0.278 e. The highest BCUT2D eigenvalue weighted by atomic mass is 35.5. The van der Waals surface area contributed by atoms with Crippen LogP contribution >= 0.6 is 12.4 Å². The fourth-order valence-electron chi connectivity index (χ4n) is 2.76. The Morgan fingerprint density at radius 3 is 2.44 bits per heavy atom. The van der Waals surface area contributed by atoms with Crippen LogP contribution in [0.4, 0.5) is 11.4 Å². The van der Waals surface area contributed by atoms with Gasteiger partial charge in [-0.1, -0.05) is 37.3 Å². The number of nitrogens with one attached hydrogen (secondary N) is 1. The number of rotatable bonds is 6. The average Bonchev–Trinajstić information content (AvgIpc) is 2.59. The summed E-state index contributed by atoms with van der Waals surface area (Å²) in [5.41, 5.74) is 0.290. The molecule has 0 bridgehead atoms. The van der Waals surface area contributed by atoms with Crippen molar-refractivity contribution in [3.63, 3.8) is 0 Å². The third-order valence-electron chi connectivity index (χ3n) is 3.90. The van der Waals surface area contributed by atoms with Crippen LogP contribution in [0.15, 0.2) is 54.6 Å². The molecule has 1 aliphatic rings. The van der Waals surface area contributed by atoms with E-state index in [0.717, 1.165) is 13.0 Å². The van der Waals surface area contributed by atoms with Crippen molar-refractivity contribution in [2.45, 2.75) is 25.2 Å². The minimum absolute atomic E-state index is 0. The van der Waals surface area contributed by atoms with E-state index in [2.05, 4.69) is 12.2 Å². The molecule has 0 amide bonds. The average molecular weight is 383 g/mol. The van der Waals surface area contributed by atoms with E-state index >= 15 is 0 Å². The lowest BCUT2D eigenvalue weighted by atomic mass is 10.2. The summed E-state index contributed by atoms with van der Waals surface area (Å²) in [5, 5.41) is 3.24. The number of hydrogen-bond donors (Lipinski definition) is 1. The standard InChI is InChI=1S/C18H22N2O3S.ClH/c1-2-13-19-14-12-18-23-17-11-7-6-10-16(17)20(24(18,21)22)15-8-4-3-5-9-15;/h3-11,18-19H,2,12-14H2,1H3;1H. The van der Waals surface area contributed by atoms with Crippen molar-refractivity contribution in [3.8, 4) is 5.75 Å². The molecule has 136 valence electrons. The Labute approximate surface area is 155 Å². The van der Waals surface area contributed by atoms with E-state index in [1.807, 2.05) is 36.4 Å². The van der Waals surface area contributed by atoms with Gasteiger partial charge in [-0.15, -0.1) is 12.4 Å². The minimum Gasteiger partial charge on any atom is -0.470 e. The first kappa shape index (κ1) is 19.6. The number of halogens is 1. The molecule has 0 radical (unpaired) electrons. The van der Waals surface area contributed by atoms with E-state index in [9.17, 15) is 8.42 Å². The number of anilines is 2. The van der Waals surface area contributed by atoms with Crippen molar-refractivity contribution < 1.29 is 13.2 Å². The number of hydrogen-bond acceptors (Lipinski definition) is 4. The first-order chi connectivity index (χ1) is 11.6. The third kappa shape index (κ3) is 4.08. The maximum absolute atomic E-state index is 13.1. The molecule has 1 unspecified atom stereocenters. The van der Waals surface area contributed by atoms with Crippen LogP contribution in [0, 0.1) is 0 Å². The predicted molar refractivity (Wildman–Crippen MR) is 103 cm³/mol. The van der Waals surface area contributed by atoms with Gasteiger partial charge in [-0.2, -0.15) is 0 Å². The number of benzene rings is 2. The topological polar surface area (TPSA) is 58.6 Å². The maximum atomic E-state index is 13.1. The molecule has 1 heterocycles. The molecular weight excluding hydrogens is 360 g/mol. The zero-order chi connectivity index (χ0) is 17.0. The highest BCUT2D eigenvalue weighted by Crippen LogP contribution is 2.42. The number of para-hydroxylation sites is 3. The molecule has 5 nitrogen and oxygen atoms in total. The Morgan fingerprint density at radius 1 is 1.04 bits per heavy atom. The van der Waals surface area contributed by atoms with Gasteiger partial charge in [0.1, 0.15) is 5.75 Å². The summed E-state index contributed by atoms with van der Waals surface area (Å²) in [6.45, 7) is 3.54. The smallest absolute Gasteiger partial charge is 0.278 e. The van der Waals surface area contributed by atoms with Crippen LogP contribution in [0.2, 0.25) is 0 Å². The summed E-state index contributed by atoms with van der Waals surface area (Å²) in [7, 11) is -3.65. The second-order valence-corrected chi connectivity index (χ2v) is 7.62. The third-order valence-corrected chi connectivity index (χ3v) is 5.82.